The van der Waals surface area contributed by atoms with Crippen molar-refractivity contribution in [2.24, 2.45) is 16.3 Å². The molecule has 24 heavy (non-hydrogen) atoms. The largest absolute Gasteiger partial charge is 0.394 e. The van der Waals surface area contributed by atoms with Crippen molar-refractivity contribution in [2.75, 3.05) is 6.61 Å². The fraction of sp³-hybridized carbons (Fsp3) is 0.812. The lowest BCUT2D eigenvalue weighted by atomic mass is 9.70. The number of hydrogen-bond acceptors (Lipinski definition) is 8. The van der Waals surface area contributed by atoms with E-state index >= 15 is 0 Å². The van der Waals surface area contributed by atoms with Crippen LogP contribution >= 0.6 is 0 Å². The van der Waals surface area contributed by atoms with E-state index in [-0.39, 0.29) is 35.5 Å². The van der Waals surface area contributed by atoms with E-state index in [0.29, 0.717) is 0 Å². The molecule has 0 bridgehead atoms. The minimum atomic E-state index is -1.55. The van der Waals surface area contributed by atoms with Crippen LogP contribution < -0.4 is 0 Å². The van der Waals surface area contributed by atoms with E-state index in [1.54, 1.807) is 0 Å². The second-order valence-corrected chi connectivity index (χ2v) is 7.37. The van der Waals surface area contributed by atoms with E-state index in [1.807, 2.05) is 13.8 Å². The third-order valence-electron chi connectivity index (χ3n) is 4.59. The van der Waals surface area contributed by atoms with E-state index in [4.69, 9.17) is 9.84 Å². The van der Waals surface area contributed by atoms with Gasteiger partial charge < -0.3 is 25.2 Å². The molecule has 4 N–H and O–H groups in total. The monoisotopic (exact) mass is 343 g/mol. The van der Waals surface area contributed by atoms with Crippen LogP contribution in [0.2, 0.25) is 0 Å². The Bertz CT molecular complexity index is 525. The number of aliphatic imine (C=N–C) groups is 1. The zero-order valence-corrected chi connectivity index (χ0v) is 14.0. The first kappa shape index (κ1) is 19.1. The molecule has 0 aromatic carbocycles. The first-order valence-corrected chi connectivity index (χ1v) is 7.97. The van der Waals surface area contributed by atoms with Crippen LogP contribution in [0.1, 0.15) is 33.6 Å². The standard InChI is InChI=1S/C16H25NO7/c1-7(11-8(19)4-16(2,3)5-9(11)20)17-12-14(22)13(21)10(6-18)24-15(12)23/h10-15,18,21-23H,4-6H2,1-3H3/t10-,12+,13-,14-,15+/m1/s1. The summed E-state index contributed by atoms with van der Waals surface area (Å²) >= 11 is 0. The van der Waals surface area contributed by atoms with Crippen LogP contribution in [0.25, 0.3) is 0 Å². The average Bonchev–Trinajstić information content (AvgIpc) is 2.45. The molecule has 1 aliphatic heterocycles. The summed E-state index contributed by atoms with van der Waals surface area (Å²) in [5, 5.41) is 39.0. The van der Waals surface area contributed by atoms with Gasteiger partial charge in [0.1, 0.15) is 41.8 Å². The van der Waals surface area contributed by atoms with E-state index < -0.39 is 43.2 Å². The summed E-state index contributed by atoms with van der Waals surface area (Å²) in [4.78, 5) is 28.7. The van der Waals surface area contributed by atoms with Crippen LogP contribution in [0.4, 0.5) is 0 Å². The van der Waals surface area contributed by atoms with E-state index in [9.17, 15) is 24.9 Å². The van der Waals surface area contributed by atoms with Gasteiger partial charge in [0.2, 0.25) is 0 Å². The number of nitrogens with zero attached hydrogens (tertiary/aromatic N) is 1. The second-order valence-electron chi connectivity index (χ2n) is 7.37. The Morgan fingerprint density at radius 1 is 1.17 bits per heavy atom. The maximum absolute atomic E-state index is 12.3. The van der Waals surface area contributed by atoms with E-state index in [1.165, 1.54) is 6.92 Å². The molecule has 8 nitrogen and oxygen atoms in total. The molecule has 2 rings (SSSR count). The van der Waals surface area contributed by atoms with E-state index in [0.717, 1.165) is 0 Å². The number of hydrogen-bond donors (Lipinski definition) is 4. The minimum Gasteiger partial charge on any atom is -0.394 e. The number of rotatable bonds is 3. The summed E-state index contributed by atoms with van der Waals surface area (Å²) in [5.41, 5.74) is -0.204. The van der Waals surface area contributed by atoms with Gasteiger partial charge >= 0.3 is 0 Å². The van der Waals surface area contributed by atoms with Crippen LogP contribution in [-0.2, 0) is 14.3 Å². The molecule has 0 amide bonds. The van der Waals surface area contributed by atoms with Gasteiger partial charge in [-0.3, -0.25) is 14.6 Å². The fourth-order valence-electron chi connectivity index (χ4n) is 3.39. The van der Waals surface area contributed by atoms with Gasteiger partial charge in [0, 0.05) is 18.6 Å². The Morgan fingerprint density at radius 2 is 1.71 bits per heavy atom. The van der Waals surface area contributed by atoms with Crippen molar-refractivity contribution in [1.82, 2.24) is 0 Å². The van der Waals surface area contributed by atoms with Gasteiger partial charge in [-0.05, 0) is 12.3 Å². The van der Waals surface area contributed by atoms with Gasteiger partial charge in [-0.1, -0.05) is 13.8 Å². The van der Waals surface area contributed by atoms with Crippen molar-refractivity contribution in [2.45, 2.75) is 64.3 Å². The summed E-state index contributed by atoms with van der Waals surface area (Å²) in [7, 11) is 0. The molecule has 0 unspecified atom stereocenters. The smallest absolute Gasteiger partial charge is 0.180 e. The molecule has 0 radical (unpaired) electrons. The van der Waals surface area contributed by atoms with Gasteiger partial charge in [-0.2, -0.15) is 0 Å². The number of Topliss-reactive ketones (excluding diaryl/α,β-unsaturated/α-hetero) is 2. The van der Waals surface area contributed by atoms with Crippen LogP contribution in [0, 0.1) is 11.3 Å². The summed E-state index contributed by atoms with van der Waals surface area (Å²) in [6, 6.07) is -1.24. The van der Waals surface area contributed by atoms with Crippen molar-refractivity contribution in [3.05, 3.63) is 0 Å². The topological polar surface area (TPSA) is 137 Å². The summed E-state index contributed by atoms with van der Waals surface area (Å²) in [5.74, 6) is -1.48. The van der Waals surface area contributed by atoms with Crippen molar-refractivity contribution in [3.8, 4) is 0 Å². The molecule has 1 aliphatic carbocycles. The first-order valence-electron chi connectivity index (χ1n) is 7.97. The van der Waals surface area contributed by atoms with Crippen LogP contribution in [0.15, 0.2) is 4.99 Å². The lowest BCUT2D eigenvalue weighted by Crippen LogP contribution is -2.58. The lowest BCUT2D eigenvalue weighted by molar-refractivity contribution is -0.248. The zero-order chi connectivity index (χ0) is 18.2. The predicted molar refractivity (Wildman–Crippen MR) is 83.4 cm³/mol. The molecule has 5 atom stereocenters. The average molecular weight is 343 g/mol. The Balaban J connectivity index is 2.21. The molecule has 2 fully saturated rings. The number of carbonyl (C=O) groups is 2. The van der Waals surface area contributed by atoms with E-state index in [2.05, 4.69) is 4.99 Å². The quantitative estimate of drug-likeness (QED) is 0.374. The fourth-order valence-corrected chi connectivity index (χ4v) is 3.39. The maximum Gasteiger partial charge on any atom is 0.180 e. The molecule has 0 aromatic heterocycles. The number of ketones is 2. The first-order chi connectivity index (χ1) is 11.1. The van der Waals surface area contributed by atoms with Gasteiger partial charge in [0.15, 0.2) is 6.29 Å². The highest BCUT2D eigenvalue weighted by molar-refractivity contribution is 6.21. The van der Waals surface area contributed by atoms with Gasteiger partial charge in [-0.15, -0.1) is 0 Å². The third-order valence-corrected chi connectivity index (χ3v) is 4.59. The van der Waals surface area contributed by atoms with Crippen LogP contribution in [0.5, 0.6) is 0 Å². The molecule has 136 valence electrons. The number of ether oxygens (including phenoxy) is 1. The number of aliphatic hydroxyl groups excluding tert-OH is 4. The van der Waals surface area contributed by atoms with Gasteiger partial charge in [0.25, 0.3) is 0 Å². The van der Waals surface area contributed by atoms with Crippen LogP contribution in [0.3, 0.4) is 0 Å². The normalized spacial score (nSPS) is 38.5. The van der Waals surface area contributed by atoms with Gasteiger partial charge in [-0.25, -0.2) is 0 Å². The Kier molecular flexibility index (Phi) is 5.56. The van der Waals surface area contributed by atoms with Crippen molar-refractivity contribution in [1.29, 1.82) is 0 Å². The molecule has 8 heteroatoms. The molecular formula is C16H25NO7. The summed E-state index contributed by atoms with van der Waals surface area (Å²) < 4.78 is 5.02. The molecule has 0 aromatic rings. The Hall–Kier alpha value is -1.19. The van der Waals surface area contributed by atoms with Gasteiger partial charge in [0.05, 0.1) is 6.61 Å². The van der Waals surface area contributed by atoms with Crippen LogP contribution in [-0.4, -0.2) is 75.0 Å². The lowest BCUT2D eigenvalue weighted by Gasteiger charge is -2.39. The highest BCUT2D eigenvalue weighted by Crippen LogP contribution is 2.34. The highest BCUT2D eigenvalue weighted by Gasteiger charge is 2.45. The Morgan fingerprint density at radius 3 is 2.21 bits per heavy atom. The van der Waals surface area contributed by atoms with Crippen molar-refractivity contribution < 1.29 is 34.8 Å². The maximum atomic E-state index is 12.3. The molecule has 2 aliphatic rings. The second kappa shape index (κ2) is 6.97. The summed E-state index contributed by atoms with van der Waals surface area (Å²) in [6.07, 6.45) is -5.10. The third kappa shape index (κ3) is 3.73. The molecule has 0 spiro atoms. The highest BCUT2D eigenvalue weighted by atomic mass is 16.6. The SMILES string of the molecule is CC(=N[C@H]1[C@@H](O)[C@H](O)[C@@H](CO)O[C@@H]1O)C1C(=O)CC(C)(C)CC1=O. The predicted octanol–water partition coefficient (Wildman–Crippen LogP) is -1.18. The zero-order valence-electron chi connectivity index (χ0n) is 14.0. The summed E-state index contributed by atoms with van der Waals surface area (Å²) in [6.45, 7) is 4.61. The Labute approximate surface area is 140 Å². The molecular weight excluding hydrogens is 318 g/mol. The van der Waals surface area contributed by atoms with Crippen molar-refractivity contribution in [3.63, 3.8) is 0 Å². The molecule has 1 saturated heterocycles. The number of aliphatic hydroxyl groups is 4. The molecule has 1 saturated carbocycles. The number of carbonyl (C=O) groups excluding carboxylic acids is 2. The van der Waals surface area contributed by atoms with Crippen molar-refractivity contribution >= 4 is 17.3 Å². The molecule has 1 heterocycles. The minimum absolute atomic E-state index is 0.182.